The number of amides is 1. The summed E-state index contributed by atoms with van der Waals surface area (Å²) < 4.78 is 0. The zero-order chi connectivity index (χ0) is 16.5. The molecule has 0 radical (unpaired) electrons. The Labute approximate surface area is 143 Å². The average molecular weight is 345 g/mol. The van der Waals surface area contributed by atoms with Gasteiger partial charge in [-0.25, -0.2) is 15.0 Å². The van der Waals surface area contributed by atoms with E-state index in [2.05, 4.69) is 25.3 Å². The Kier molecular flexibility index (Phi) is 4.11. The molecule has 0 spiro atoms. The Morgan fingerprint density at radius 2 is 2.33 bits per heavy atom. The number of carbonyl (C=O) groups is 1. The summed E-state index contributed by atoms with van der Waals surface area (Å²) in [6, 6.07) is 0.232. The molecule has 4 N–H and O–H groups in total. The molecule has 1 fully saturated rings. The molecule has 0 saturated heterocycles. The third-order valence-corrected chi connectivity index (χ3v) is 5.60. The highest BCUT2D eigenvalue weighted by molar-refractivity contribution is 8.03. The zero-order valence-electron chi connectivity index (χ0n) is 13.1. The maximum Gasteiger partial charge on any atom is 0.235 e. The van der Waals surface area contributed by atoms with Crippen molar-refractivity contribution in [2.75, 3.05) is 18.0 Å². The number of nitrogens with zero attached hydrogens (tertiary/aromatic N) is 4. The minimum atomic E-state index is -0.181. The molecule has 126 valence electrons. The molecule has 1 saturated carbocycles. The van der Waals surface area contributed by atoms with Crippen LogP contribution in [0.3, 0.4) is 0 Å². The van der Waals surface area contributed by atoms with E-state index in [9.17, 15) is 4.79 Å². The molecule has 8 nitrogen and oxygen atoms in total. The fourth-order valence-electron chi connectivity index (χ4n) is 2.95. The lowest BCUT2D eigenvalue weighted by Gasteiger charge is -2.34. The van der Waals surface area contributed by atoms with Crippen LogP contribution in [0.25, 0.3) is 11.2 Å². The van der Waals surface area contributed by atoms with E-state index < -0.39 is 0 Å². The van der Waals surface area contributed by atoms with Gasteiger partial charge in [0.05, 0.1) is 6.33 Å². The number of carbonyl (C=O) groups excluding carboxylic acids is 1. The van der Waals surface area contributed by atoms with Crippen molar-refractivity contribution in [1.82, 2.24) is 25.3 Å². The van der Waals surface area contributed by atoms with E-state index in [1.165, 1.54) is 18.1 Å². The van der Waals surface area contributed by atoms with E-state index in [-0.39, 0.29) is 17.2 Å². The molecule has 24 heavy (non-hydrogen) atoms. The molecule has 1 unspecified atom stereocenters. The number of hydrogen-bond donors (Lipinski definition) is 3. The summed E-state index contributed by atoms with van der Waals surface area (Å²) in [7, 11) is 0. The van der Waals surface area contributed by atoms with Crippen molar-refractivity contribution in [2.24, 2.45) is 11.7 Å². The van der Waals surface area contributed by atoms with Crippen molar-refractivity contribution in [2.45, 2.75) is 24.1 Å². The van der Waals surface area contributed by atoms with Crippen molar-refractivity contribution < 1.29 is 4.79 Å². The number of aromatic amines is 1. The Morgan fingerprint density at radius 1 is 1.42 bits per heavy atom. The zero-order valence-corrected chi connectivity index (χ0v) is 13.9. The minimum absolute atomic E-state index is 0.0448. The molecule has 0 bridgehead atoms. The highest BCUT2D eigenvalue weighted by Gasteiger charge is 2.30. The molecule has 2 aromatic rings. The fourth-order valence-corrected chi connectivity index (χ4v) is 3.81. The smallest absolute Gasteiger partial charge is 0.235 e. The van der Waals surface area contributed by atoms with E-state index in [1.807, 2.05) is 16.5 Å². The topological polar surface area (TPSA) is 113 Å². The van der Waals surface area contributed by atoms with Gasteiger partial charge in [-0.15, -0.1) is 11.8 Å². The molecule has 3 atom stereocenters. The molecule has 2 aromatic heterocycles. The number of aromatic nitrogens is 4. The van der Waals surface area contributed by atoms with E-state index in [0.29, 0.717) is 24.7 Å². The first-order valence-corrected chi connectivity index (χ1v) is 8.93. The van der Waals surface area contributed by atoms with E-state index in [4.69, 9.17) is 5.73 Å². The standard InChI is InChI=1S/C15H19N7OS/c16-10-2-1-9(10)5-17-15(23)11-6-22(3-4-24-11)14-12-13(19-7-18-12)20-8-21-14/h3-4,7-11H,1-2,5-6,16H2,(H,17,23)(H,18,19,20,21)/t9-,10-,11?/m0/s1. The number of nitrogens with two attached hydrogens (primary N) is 1. The molecule has 9 heteroatoms. The molecular weight excluding hydrogens is 326 g/mol. The second-order valence-corrected chi connectivity index (χ2v) is 7.22. The lowest BCUT2D eigenvalue weighted by Crippen LogP contribution is -2.48. The van der Waals surface area contributed by atoms with E-state index >= 15 is 0 Å². The molecule has 0 aromatic carbocycles. The van der Waals surface area contributed by atoms with E-state index in [1.54, 1.807) is 6.33 Å². The Balaban J connectivity index is 1.43. The Hall–Kier alpha value is -2.13. The Bertz CT molecular complexity index is 776. The minimum Gasteiger partial charge on any atom is -0.355 e. The maximum atomic E-state index is 12.5. The maximum absolute atomic E-state index is 12.5. The predicted molar refractivity (Wildman–Crippen MR) is 93.3 cm³/mol. The summed E-state index contributed by atoms with van der Waals surface area (Å²) in [4.78, 5) is 30.1. The van der Waals surface area contributed by atoms with Gasteiger partial charge in [-0.1, -0.05) is 0 Å². The third kappa shape index (κ3) is 2.84. The normalized spacial score (nSPS) is 26.4. The number of thioether (sulfide) groups is 1. The van der Waals surface area contributed by atoms with Gasteiger partial charge in [-0.05, 0) is 24.2 Å². The fraction of sp³-hybridized carbons (Fsp3) is 0.467. The van der Waals surface area contributed by atoms with Gasteiger partial charge in [0.2, 0.25) is 5.91 Å². The summed E-state index contributed by atoms with van der Waals surface area (Å²) in [6.45, 7) is 1.22. The molecule has 3 heterocycles. The number of anilines is 1. The highest BCUT2D eigenvalue weighted by atomic mass is 32.2. The molecule has 2 aliphatic rings. The van der Waals surface area contributed by atoms with E-state index in [0.717, 1.165) is 24.2 Å². The first kappa shape index (κ1) is 15.4. The first-order valence-electron chi connectivity index (χ1n) is 7.98. The number of hydrogen-bond acceptors (Lipinski definition) is 7. The first-order chi connectivity index (χ1) is 11.7. The number of imidazole rings is 1. The van der Waals surface area contributed by atoms with Gasteiger partial charge in [-0.3, -0.25) is 4.79 Å². The summed E-state index contributed by atoms with van der Waals surface area (Å²) in [5.74, 6) is 1.19. The van der Waals surface area contributed by atoms with Gasteiger partial charge in [0.1, 0.15) is 17.1 Å². The lowest BCUT2D eigenvalue weighted by atomic mass is 9.80. The van der Waals surface area contributed by atoms with Gasteiger partial charge in [-0.2, -0.15) is 0 Å². The second kappa shape index (κ2) is 6.40. The molecule has 1 aliphatic carbocycles. The van der Waals surface area contributed by atoms with Crippen LogP contribution in [0.1, 0.15) is 12.8 Å². The van der Waals surface area contributed by atoms with Crippen molar-refractivity contribution in [1.29, 1.82) is 0 Å². The van der Waals surface area contributed by atoms with Crippen molar-refractivity contribution >= 4 is 34.7 Å². The van der Waals surface area contributed by atoms with Crippen LogP contribution in [0.15, 0.2) is 24.3 Å². The van der Waals surface area contributed by atoms with Crippen LogP contribution in [0, 0.1) is 5.92 Å². The summed E-state index contributed by atoms with van der Waals surface area (Å²) in [5.41, 5.74) is 7.32. The second-order valence-electron chi connectivity index (χ2n) is 6.11. The van der Waals surface area contributed by atoms with Crippen LogP contribution in [0.5, 0.6) is 0 Å². The monoisotopic (exact) mass is 345 g/mol. The summed E-state index contributed by atoms with van der Waals surface area (Å²) in [5, 5.41) is 4.78. The average Bonchev–Trinajstić information content (AvgIpc) is 3.09. The van der Waals surface area contributed by atoms with Gasteiger partial charge < -0.3 is 20.9 Å². The lowest BCUT2D eigenvalue weighted by molar-refractivity contribution is -0.120. The Morgan fingerprint density at radius 3 is 3.12 bits per heavy atom. The molecule has 4 rings (SSSR count). The van der Waals surface area contributed by atoms with Gasteiger partial charge >= 0.3 is 0 Å². The highest BCUT2D eigenvalue weighted by Crippen LogP contribution is 2.28. The van der Waals surface area contributed by atoms with Gasteiger partial charge in [0.25, 0.3) is 0 Å². The van der Waals surface area contributed by atoms with Crippen LogP contribution >= 0.6 is 11.8 Å². The van der Waals surface area contributed by atoms with Crippen LogP contribution in [0.4, 0.5) is 5.82 Å². The molecule has 1 amide bonds. The number of H-pyrrole nitrogens is 1. The van der Waals surface area contributed by atoms with Gasteiger partial charge in [0, 0.05) is 25.3 Å². The van der Waals surface area contributed by atoms with Crippen molar-refractivity contribution in [3.63, 3.8) is 0 Å². The quantitative estimate of drug-likeness (QED) is 0.743. The van der Waals surface area contributed by atoms with Crippen LogP contribution < -0.4 is 16.0 Å². The number of fused-ring (bicyclic) bond motifs is 1. The number of rotatable bonds is 4. The van der Waals surface area contributed by atoms with Crippen molar-refractivity contribution in [3.05, 3.63) is 24.3 Å². The van der Waals surface area contributed by atoms with Crippen molar-refractivity contribution in [3.8, 4) is 0 Å². The molecule has 1 aliphatic heterocycles. The molecular formula is C15H19N7OS. The summed E-state index contributed by atoms with van der Waals surface area (Å²) in [6.07, 6.45) is 7.17. The predicted octanol–water partition coefficient (Wildman–Crippen LogP) is 0.599. The number of nitrogens with one attached hydrogen (secondary N) is 2. The third-order valence-electron chi connectivity index (χ3n) is 4.63. The van der Waals surface area contributed by atoms with Crippen LogP contribution in [-0.4, -0.2) is 50.2 Å². The van der Waals surface area contributed by atoms with Gasteiger partial charge in [0.15, 0.2) is 11.5 Å². The largest absolute Gasteiger partial charge is 0.355 e. The van der Waals surface area contributed by atoms with Crippen LogP contribution in [-0.2, 0) is 4.79 Å². The SMILES string of the molecule is N[C@H]1CC[C@H]1CNC(=O)C1CN(c2ncnc3nc[nH]c23)C=CS1. The van der Waals surface area contributed by atoms with Crippen LogP contribution in [0.2, 0.25) is 0 Å². The summed E-state index contributed by atoms with van der Waals surface area (Å²) >= 11 is 1.52.